The van der Waals surface area contributed by atoms with Gasteiger partial charge in [0, 0.05) is 6.42 Å². The second kappa shape index (κ2) is 6.99. The summed E-state index contributed by atoms with van der Waals surface area (Å²) in [7, 11) is 0. The Kier molecular flexibility index (Phi) is 5.62. The molecule has 0 heterocycles. The van der Waals surface area contributed by atoms with Crippen molar-refractivity contribution in [1.82, 2.24) is 0 Å². The van der Waals surface area contributed by atoms with Crippen molar-refractivity contribution in [3.05, 3.63) is 53.6 Å². The van der Waals surface area contributed by atoms with Gasteiger partial charge in [0.05, 0.1) is 5.57 Å². The maximum atomic E-state index is 13.7. The number of unbranched alkanes of at least 4 members (excludes halogenated alkanes) is 1. The van der Waals surface area contributed by atoms with E-state index in [9.17, 15) is 17.6 Å². The van der Waals surface area contributed by atoms with Crippen molar-refractivity contribution in [3.63, 3.8) is 0 Å². The molecule has 0 unspecified atom stereocenters. The van der Waals surface area contributed by atoms with Gasteiger partial charge in [0.15, 0.2) is 5.83 Å². The Morgan fingerprint density at radius 1 is 1.00 bits per heavy atom. The first kappa shape index (κ1) is 14.5. The van der Waals surface area contributed by atoms with Gasteiger partial charge < -0.3 is 0 Å². The van der Waals surface area contributed by atoms with Crippen molar-refractivity contribution in [2.24, 2.45) is 0 Å². The zero-order valence-electron chi connectivity index (χ0n) is 10.0. The molecule has 0 spiro atoms. The van der Waals surface area contributed by atoms with E-state index in [4.69, 9.17) is 0 Å². The Labute approximate surface area is 104 Å². The lowest BCUT2D eigenvalue weighted by molar-refractivity contribution is 0.420. The number of hydrogen-bond acceptors (Lipinski definition) is 0. The Morgan fingerprint density at radius 3 is 2.11 bits per heavy atom. The van der Waals surface area contributed by atoms with Crippen molar-refractivity contribution in [3.8, 4) is 0 Å². The first-order valence-electron chi connectivity index (χ1n) is 5.73. The lowest BCUT2D eigenvalue weighted by Gasteiger charge is -2.06. The predicted octanol–water partition coefficient (Wildman–Crippen LogP) is 5.64. The normalized spacial score (nSPS) is 12.1. The summed E-state index contributed by atoms with van der Waals surface area (Å²) in [5.41, 5.74) is -0.981. The molecule has 0 aromatic heterocycles. The van der Waals surface area contributed by atoms with E-state index in [0.29, 0.717) is 12.8 Å². The van der Waals surface area contributed by atoms with Crippen molar-refractivity contribution < 1.29 is 17.6 Å². The van der Waals surface area contributed by atoms with E-state index in [1.165, 1.54) is 24.3 Å². The fourth-order valence-electron chi connectivity index (χ4n) is 1.50. The lowest BCUT2D eigenvalue weighted by atomic mass is 10.0. The molecule has 18 heavy (non-hydrogen) atoms. The molecule has 1 rings (SSSR count). The predicted molar refractivity (Wildman–Crippen MR) is 64.3 cm³/mol. The average molecular weight is 258 g/mol. The summed E-state index contributed by atoms with van der Waals surface area (Å²) in [6.45, 7) is 1.81. The van der Waals surface area contributed by atoms with Crippen LogP contribution in [0.25, 0.3) is 5.57 Å². The third kappa shape index (κ3) is 3.72. The summed E-state index contributed by atoms with van der Waals surface area (Å²) in [6.07, 6.45) is -1.28. The van der Waals surface area contributed by atoms with Crippen LogP contribution in [0.5, 0.6) is 0 Å². The van der Waals surface area contributed by atoms with E-state index in [1.807, 2.05) is 6.92 Å². The third-order valence-corrected chi connectivity index (χ3v) is 2.46. The van der Waals surface area contributed by atoms with Gasteiger partial charge in [-0.25, -0.2) is 8.78 Å². The van der Waals surface area contributed by atoms with Gasteiger partial charge in [-0.3, -0.25) is 0 Å². The van der Waals surface area contributed by atoms with E-state index < -0.39 is 23.3 Å². The Bertz CT molecular complexity index is 442. The van der Waals surface area contributed by atoms with Gasteiger partial charge in [0.2, 0.25) is 0 Å². The second-order valence-corrected chi connectivity index (χ2v) is 3.82. The van der Waals surface area contributed by atoms with Crippen LogP contribution in [0.3, 0.4) is 0 Å². The van der Waals surface area contributed by atoms with Crippen LogP contribution in [0.15, 0.2) is 48.1 Å². The minimum Gasteiger partial charge on any atom is -0.209 e. The Hall–Kier alpha value is -1.58. The summed E-state index contributed by atoms with van der Waals surface area (Å²) in [5, 5.41) is 0. The van der Waals surface area contributed by atoms with Gasteiger partial charge in [0.1, 0.15) is 5.83 Å². The highest BCUT2D eigenvalue weighted by Gasteiger charge is 2.19. The van der Waals surface area contributed by atoms with Crippen molar-refractivity contribution in [2.45, 2.75) is 26.2 Å². The molecular weight excluding hydrogens is 244 g/mol. The largest absolute Gasteiger partial charge is 0.281 e. The van der Waals surface area contributed by atoms with Crippen LogP contribution in [0, 0.1) is 0 Å². The SMILES string of the molecule is CCCC/C(F)=C(/F)C(=C(F)F)c1ccccc1. The smallest absolute Gasteiger partial charge is 0.209 e. The number of halogens is 4. The summed E-state index contributed by atoms with van der Waals surface area (Å²) in [5.74, 6) is -2.59. The van der Waals surface area contributed by atoms with Crippen molar-refractivity contribution in [1.29, 1.82) is 0 Å². The minimum atomic E-state index is -2.22. The summed E-state index contributed by atoms with van der Waals surface area (Å²) in [4.78, 5) is 0. The molecule has 0 aliphatic heterocycles. The van der Waals surface area contributed by atoms with Gasteiger partial charge in [-0.15, -0.1) is 0 Å². The molecule has 0 radical (unpaired) electrons. The summed E-state index contributed by atoms with van der Waals surface area (Å²) < 4.78 is 52.6. The van der Waals surface area contributed by atoms with E-state index in [2.05, 4.69) is 0 Å². The molecule has 0 aliphatic rings. The van der Waals surface area contributed by atoms with E-state index >= 15 is 0 Å². The lowest BCUT2D eigenvalue weighted by Crippen LogP contribution is -1.91. The highest BCUT2D eigenvalue weighted by Crippen LogP contribution is 2.33. The zero-order valence-corrected chi connectivity index (χ0v) is 10.0. The second-order valence-electron chi connectivity index (χ2n) is 3.82. The van der Waals surface area contributed by atoms with Crippen LogP contribution in [0.1, 0.15) is 31.7 Å². The van der Waals surface area contributed by atoms with E-state index in [0.717, 1.165) is 0 Å². The van der Waals surface area contributed by atoms with Gasteiger partial charge in [-0.05, 0) is 12.0 Å². The van der Waals surface area contributed by atoms with Crippen LogP contribution in [0.4, 0.5) is 17.6 Å². The maximum Gasteiger partial charge on any atom is 0.281 e. The van der Waals surface area contributed by atoms with Crippen LogP contribution in [-0.2, 0) is 0 Å². The van der Waals surface area contributed by atoms with Crippen LogP contribution >= 0.6 is 0 Å². The molecule has 98 valence electrons. The molecular formula is C14H14F4. The molecule has 0 aliphatic carbocycles. The number of allylic oxidation sites excluding steroid dienone is 3. The molecule has 0 saturated heterocycles. The third-order valence-electron chi connectivity index (χ3n) is 2.46. The number of hydrogen-bond donors (Lipinski definition) is 0. The van der Waals surface area contributed by atoms with Crippen molar-refractivity contribution >= 4 is 5.57 Å². The minimum absolute atomic E-state index is 0.0263. The summed E-state index contributed by atoms with van der Waals surface area (Å²) in [6, 6.07) is 7.25. The van der Waals surface area contributed by atoms with Crippen LogP contribution in [-0.4, -0.2) is 0 Å². The molecule has 1 aromatic rings. The number of benzene rings is 1. The quantitative estimate of drug-likeness (QED) is 0.474. The molecule has 1 aromatic carbocycles. The topological polar surface area (TPSA) is 0 Å². The first-order chi connectivity index (χ1) is 8.57. The zero-order chi connectivity index (χ0) is 13.5. The average Bonchev–Trinajstić information content (AvgIpc) is 2.36. The fraction of sp³-hybridized carbons (Fsp3) is 0.286. The Balaban J connectivity index is 3.13. The van der Waals surface area contributed by atoms with Gasteiger partial charge in [0.25, 0.3) is 6.08 Å². The molecule has 0 fully saturated rings. The Morgan fingerprint density at radius 2 is 1.61 bits per heavy atom. The van der Waals surface area contributed by atoms with Gasteiger partial charge in [-0.1, -0.05) is 43.7 Å². The van der Waals surface area contributed by atoms with Crippen LogP contribution in [0.2, 0.25) is 0 Å². The highest BCUT2D eigenvalue weighted by molar-refractivity contribution is 5.77. The van der Waals surface area contributed by atoms with Gasteiger partial charge >= 0.3 is 0 Å². The molecule has 0 atom stereocenters. The van der Waals surface area contributed by atoms with E-state index in [1.54, 1.807) is 6.07 Å². The molecule has 0 N–H and O–H groups in total. The van der Waals surface area contributed by atoms with Crippen molar-refractivity contribution in [2.75, 3.05) is 0 Å². The molecule has 4 heteroatoms. The molecule has 0 nitrogen and oxygen atoms in total. The van der Waals surface area contributed by atoms with E-state index in [-0.39, 0.29) is 12.0 Å². The highest BCUT2D eigenvalue weighted by atomic mass is 19.3. The van der Waals surface area contributed by atoms with Gasteiger partial charge in [-0.2, -0.15) is 8.78 Å². The maximum absolute atomic E-state index is 13.7. The molecule has 0 saturated carbocycles. The first-order valence-corrected chi connectivity index (χ1v) is 5.73. The van der Waals surface area contributed by atoms with Crippen LogP contribution < -0.4 is 0 Å². The number of rotatable bonds is 5. The molecule has 0 bridgehead atoms. The monoisotopic (exact) mass is 258 g/mol. The fourth-order valence-corrected chi connectivity index (χ4v) is 1.50. The standard InChI is InChI=1S/C14H14F4/c1-2-3-9-11(15)13(16)12(14(17)18)10-7-5-4-6-8-10/h4-8H,2-3,9H2,1H3/b13-11-. The molecule has 0 amide bonds. The summed E-state index contributed by atoms with van der Waals surface area (Å²) >= 11 is 0.